The molecule has 0 saturated carbocycles. The van der Waals surface area contributed by atoms with Crippen LogP contribution in [0.5, 0.6) is 5.75 Å². The van der Waals surface area contributed by atoms with Crippen LogP contribution in [-0.4, -0.2) is 36.3 Å². The Morgan fingerprint density at radius 2 is 1.96 bits per heavy atom. The molecule has 1 fully saturated rings. The highest BCUT2D eigenvalue weighted by Gasteiger charge is 2.24. The van der Waals surface area contributed by atoms with Crippen molar-refractivity contribution >= 4 is 46.1 Å². The topological polar surface area (TPSA) is 84.7 Å². The summed E-state index contributed by atoms with van der Waals surface area (Å²) in [6, 6.07) is 15.5. The van der Waals surface area contributed by atoms with Gasteiger partial charge in [0, 0.05) is 7.05 Å². The van der Waals surface area contributed by atoms with Crippen LogP contribution >= 0.6 is 11.8 Å². The first kappa shape index (κ1) is 18.1. The Balaban J connectivity index is 1.32. The molecule has 0 atom stereocenters. The van der Waals surface area contributed by atoms with Gasteiger partial charge in [0.2, 0.25) is 0 Å². The van der Waals surface area contributed by atoms with Gasteiger partial charge in [-0.3, -0.25) is 14.9 Å². The van der Waals surface area contributed by atoms with E-state index in [2.05, 4.69) is 10.3 Å². The fourth-order valence-electron chi connectivity index (χ4n) is 2.65. The minimum atomic E-state index is -0.363. The molecule has 1 aliphatic rings. The van der Waals surface area contributed by atoms with Gasteiger partial charge in [-0.25, -0.2) is 0 Å². The highest BCUT2D eigenvalue weighted by molar-refractivity contribution is 8.18. The van der Waals surface area contributed by atoms with Gasteiger partial charge in [0.15, 0.2) is 5.58 Å². The van der Waals surface area contributed by atoms with E-state index in [0.29, 0.717) is 29.8 Å². The fraction of sp³-hybridized carbons (Fsp3) is 0.150. The van der Waals surface area contributed by atoms with E-state index in [9.17, 15) is 9.59 Å². The average molecular weight is 395 g/mol. The standard InChI is InChI=1S/C20H17N3O4S/c1-23(19-21-15-4-2-3-5-16(15)27-19)10-11-26-14-8-6-13(7-9-14)12-17-18(24)22-20(25)28-17/h2-9,12H,10-11H2,1H3,(H,22,24,25)/b17-12+. The van der Waals surface area contributed by atoms with Crippen molar-refractivity contribution in [1.82, 2.24) is 10.3 Å². The number of nitrogens with zero attached hydrogens (tertiary/aromatic N) is 2. The lowest BCUT2D eigenvalue weighted by molar-refractivity contribution is -0.115. The molecule has 2 amide bonds. The van der Waals surface area contributed by atoms with Crippen molar-refractivity contribution in [3.63, 3.8) is 0 Å². The van der Waals surface area contributed by atoms with Crippen LogP contribution in [0.2, 0.25) is 0 Å². The normalized spacial score (nSPS) is 15.2. The number of anilines is 1. The predicted molar refractivity (Wildman–Crippen MR) is 108 cm³/mol. The number of imide groups is 1. The Hall–Kier alpha value is -3.26. The third-order valence-electron chi connectivity index (χ3n) is 4.12. The highest BCUT2D eigenvalue weighted by atomic mass is 32.2. The zero-order valence-electron chi connectivity index (χ0n) is 15.0. The number of carbonyl (C=O) groups excluding carboxylic acids is 2. The SMILES string of the molecule is CN(CCOc1ccc(/C=C2/SC(=O)NC2=O)cc1)c1nc2ccccc2o1. The second kappa shape index (κ2) is 7.77. The summed E-state index contributed by atoms with van der Waals surface area (Å²) < 4.78 is 11.5. The van der Waals surface area contributed by atoms with Crippen molar-refractivity contribution < 1.29 is 18.7 Å². The molecule has 28 heavy (non-hydrogen) atoms. The van der Waals surface area contributed by atoms with E-state index >= 15 is 0 Å². The number of hydrogen-bond donors (Lipinski definition) is 1. The van der Waals surface area contributed by atoms with Gasteiger partial charge >= 0.3 is 0 Å². The molecule has 3 aromatic rings. The lowest BCUT2D eigenvalue weighted by Gasteiger charge is -2.14. The van der Waals surface area contributed by atoms with E-state index in [4.69, 9.17) is 9.15 Å². The number of rotatable bonds is 6. The summed E-state index contributed by atoms with van der Waals surface area (Å²) in [4.78, 5) is 29.5. The van der Waals surface area contributed by atoms with Crippen LogP contribution in [0, 0.1) is 0 Å². The summed E-state index contributed by atoms with van der Waals surface area (Å²) in [5.41, 5.74) is 2.40. The summed E-state index contributed by atoms with van der Waals surface area (Å²) in [6.45, 7) is 1.07. The molecule has 7 nitrogen and oxygen atoms in total. The van der Waals surface area contributed by atoms with E-state index in [1.165, 1.54) is 0 Å². The number of ether oxygens (including phenoxy) is 1. The summed E-state index contributed by atoms with van der Waals surface area (Å²) in [5, 5.41) is 1.89. The molecule has 0 radical (unpaired) electrons. The fourth-order valence-corrected chi connectivity index (χ4v) is 3.33. The molecule has 1 N–H and O–H groups in total. The van der Waals surface area contributed by atoms with Crippen molar-refractivity contribution in [3.8, 4) is 5.75 Å². The molecule has 1 saturated heterocycles. The minimum Gasteiger partial charge on any atom is -0.492 e. The molecule has 1 aliphatic heterocycles. The number of para-hydroxylation sites is 2. The van der Waals surface area contributed by atoms with Crippen LogP contribution in [-0.2, 0) is 4.79 Å². The zero-order chi connectivity index (χ0) is 19.5. The van der Waals surface area contributed by atoms with Crippen molar-refractivity contribution in [2.24, 2.45) is 0 Å². The number of aromatic nitrogens is 1. The second-order valence-electron chi connectivity index (χ2n) is 6.16. The maximum Gasteiger partial charge on any atom is 0.298 e. The molecule has 0 unspecified atom stereocenters. The van der Waals surface area contributed by atoms with Gasteiger partial charge in [-0.1, -0.05) is 24.3 Å². The number of likely N-dealkylation sites (N-methyl/N-ethyl adjacent to an activating group) is 1. The number of fused-ring (bicyclic) bond motifs is 1. The number of nitrogens with one attached hydrogen (secondary N) is 1. The Morgan fingerprint density at radius 3 is 2.68 bits per heavy atom. The van der Waals surface area contributed by atoms with Crippen LogP contribution < -0.4 is 15.0 Å². The van der Waals surface area contributed by atoms with Crippen molar-refractivity contribution in [2.75, 3.05) is 25.1 Å². The zero-order valence-corrected chi connectivity index (χ0v) is 15.9. The van der Waals surface area contributed by atoms with Gasteiger partial charge in [0.05, 0.1) is 11.4 Å². The van der Waals surface area contributed by atoms with Gasteiger partial charge in [-0.15, -0.1) is 0 Å². The number of oxazole rings is 1. The number of benzene rings is 2. The summed E-state index contributed by atoms with van der Waals surface area (Å²) >= 11 is 0.899. The monoisotopic (exact) mass is 395 g/mol. The Bertz CT molecular complexity index is 1030. The van der Waals surface area contributed by atoms with Gasteiger partial charge < -0.3 is 14.1 Å². The largest absolute Gasteiger partial charge is 0.492 e. The minimum absolute atomic E-state index is 0.348. The lowest BCUT2D eigenvalue weighted by atomic mass is 10.2. The molecule has 1 aromatic heterocycles. The van der Waals surface area contributed by atoms with Crippen molar-refractivity contribution in [1.29, 1.82) is 0 Å². The lowest BCUT2D eigenvalue weighted by Crippen LogP contribution is -2.23. The maximum absolute atomic E-state index is 11.6. The Morgan fingerprint density at radius 1 is 1.18 bits per heavy atom. The van der Waals surface area contributed by atoms with E-state index in [-0.39, 0.29) is 11.1 Å². The van der Waals surface area contributed by atoms with Crippen LogP contribution in [0.15, 0.2) is 57.9 Å². The molecule has 142 valence electrons. The summed E-state index contributed by atoms with van der Waals surface area (Å²) in [7, 11) is 1.90. The van der Waals surface area contributed by atoms with Gasteiger partial charge in [0.25, 0.3) is 17.2 Å². The number of carbonyl (C=O) groups is 2. The van der Waals surface area contributed by atoms with E-state index in [1.54, 1.807) is 6.08 Å². The molecule has 4 rings (SSSR count). The van der Waals surface area contributed by atoms with E-state index in [1.807, 2.05) is 60.5 Å². The van der Waals surface area contributed by atoms with E-state index in [0.717, 1.165) is 28.4 Å². The second-order valence-corrected chi connectivity index (χ2v) is 7.17. The number of hydrogen-bond acceptors (Lipinski definition) is 7. The first-order valence-electron chi connectivity index (χ1n) is 8.63. The smallest absolute Gasteiger partial charge is 0.298 e. The average Bonchev–Trinajstić information content (AvgIpc) is 3.26. The molecule has 2 heterocycles. The molecule has 8 heteroatoms. The highest BCUT2D eigenvalue weighted by Crippen LogP contribution is 2.26. The molecule has 2 aromatic carbocycles. The molecule has 0 aliphatic carbocycles. The maximum atomic E-state index is 11.6. The first-order valence-corrected chi connectivity index (χ1v) is 9.44. The van der Waals surface area contributed by atoms with Gasteiger partial charge in [0.1, 0.15) is 17.9 Å². The summed E-state index contributed by atoms with van der Waals surface area (Å²) in [6.07, 6.45) is 1.68. The summed E-state index contributed by atoms with van der Waals surface area (Å²) in [5.74, 6) is 0.352. The van der Waals surface area contributed by atoms with Crippen LogP contribution in [0.4, 0.5) is 10.8 Å². The van der Waals surface area contributed by atoms with Crippen molar-refractivity contribution in [3.05, 3.63) is 59.0 Å². The molecular formula is C20H17N3O4S. The third kappa shape index (κ3) is 4.01. The van der Waals surface area contributed by atoms with Crippen LogP contribution in [0.3, 0.4) is 0 Å². The molecular weight excluding hydrogens is 378 g/mol. The van der Waals surface area contributed by atoms with Crippen molar-refractivity contribution in [2.45, 2.75) is 0 Å². The Labute approximate surface area is 165 Å². The third-order valence-corrected chi connectivity index (χ3v) is 4.94. The molecule has 0 spiro atoms. The first-order chi connectivity index (χ1) is 13.6. The number of thioether (sulfide) groups is 1. The molecule has 0 bridgehead atoms. The van der Waals surface area contributed by atoms with Crippen LogP contribution in [0.1, 0.15) is 5.56 Å². The quantitative estimate of drug-likeness (QED) is 0.638. The predicted octanol–water partition coefficient (Wildman–Crippen LogP) is 3.67. The van der Waals surface area contributed by atoms with Gasteiger partial charge in [-0.05, 0) is 47.7 Å². The van der Waals surface area contributed by atoms with Gasteiger partial charge in [-0.2, -0.15) is 4.98 Å². The Kier molecular flexibility index (Phi) is 5.03. The number of amides is 2. The van der Waals surface area contributed by atoms with E-state index < -0.39 is 0 Å². The van der Waals surface area contributed by atoms with Crippen LogP contribution in [0.25, 0.3) is 17.2 Å².